The topological polar surface area (TPSA) is 77.8 Å². The van der Waals surface area contributed by atoms with E-state index in [0.717, 1.165) is 9.91 Å². The van der Waals surface area contributed by atoms with Crippen molar-refractivity contribution in [3.05, 3.63) is 65.7 Å². The fourth-order valence-corrected chi connectivity index (χ4v) is 3.56. The van der Waals surface area contributed by atoms with Gasteiger partial charge in [0.15, 0.2) is 0 Å². The summed E-state index contributed by atoms with van der Waals surface area (Å²) in [4.78, 5) is 51.4. The molecule has 2 atom stereocenters. The van der Waals surface area contributed by atoms with Crippen LogP contribution in [0.1, 0.15) is 20.7 Å². The van der Waals surface area contributed by atoms with Crippen molar-refractivity contribution in [1.29, 1.82) is 0 Å². The van der Waals surface area contributed by atoms with Crippen LogP contribution in [0.5, 0.6) is 0 Å². The number of imide groups is 2. The molecule has 4 amide bonds. The number of hydrogen-bond donors (Lipinski definition) is 0. The largest absolute Gasteiger partial charge is 0.276 e. The number of piperazine rings is 1. The first-order valence-electron chi connectivity index (χ1n) is 7.80. The van der Waals surface area contributed by atoms with E-state index in [1.807, 2.05) is 0 Å². The van der Waals surface area contributed by atoms with Crippen molar-refractivity contribution in [1.82, 2.24) is 10.0 Å². The predicted molar refractivity (Wildman–Crippen MR) is 85.3 cm³/mol. The zero-order valence-electron chi connectivity index (χ0n) is 12.8. The number of rotatable bonds is 2. The molecule has 0 N–H and O–H groups in total. The lowest BCUT2D eigenvalue weighted by Gasteiger charge is -2.23. The number of carbonyl (C=O) groups is 4. The Morgan fingerprint density at radius 2 is 1.12 bits per heavy atom. The van der Waals surface area contributed by atoms with Gasteiger partial charge in [-0.15, -0.1) is 0 Å². The summed E-state index contributed by atoms with van der Waals surface area (Å²) in [6.45, 7) is 0. The van der Waals surface area contributed by atoms with Crippen molar-refractivity contribution in [3.8, 4) is 0 Å². The molecule has 7 nitrogen and oxygen atoms in total. The van der Waals surface area contributed by atoms with Gasteiger partial charge in [-0.05, 0) is 24.3 Å². The Bertz CT molecular complexity index is 914. The molecule has 0 aromatic heterocycles. The molecule has 3 heterocycles. The highest BCUT2D eigenvalue weighted by atomic mass is 16.2. The molecule has 0 aliphatic carbocycles. The van der Waals surface area contributed by atoms with Crippen LogP contribution in [-0.2, 0) is 9.59 Å². The van der Waals surface area contributed by atoms with Gasteiger partial charge in [0.25, 0.3) is 23.6 Å². The fraction of sp³-hybridized carbons (Fsp3) is 0.111. The van der Waals surface area contributed by atoms with E-state index < -0.39 is 35.7 Å². The smallest absolute Gasteiger partial charge is 0.272 e. The lowest BCUT2D eigenvalue weighted by atomic mass is 10.1. The highest BCUT2D eigenvalue weighted by molar-refractivity contribution is 6.29. The summed E-state index contributed by atoms with van der Waals surface area (Å²) >= 11 is 0. The molecule has 7 heteroatoms. The van der Waals surface area contributed by atoms with E-state index >= 15 is 0 Å². The third kappa shape index (κ3) is 1.67. The van der Waals surface area contributed by atoms with Crippen molar-refractivity contribution < 1.29 is 19.2 Å². The summed E-state index contributed by atoms with van der Waals surface area (Å²) in [6.07, 6.45) is 0. The fourth-order valence-electron chi connectivity index (χ4n) is 3.56. The van der Waals surface area contributed by atoms with Gasteiger partial charge in [0, 0.05) is 0 Å². The summed E-state index contributed by atoms with van der Waals surface area (Å²) in [7, 11) is 0. The summed E-state index contributed by atoms with van der Waals surface area (Å²) in [6, 6.07) is 13.5. The molecule has 2 fully saturated rings. The van der Waals surface area contributed by atoms with E-state index in [2.05, 4.69) is 0 Å². The molecule has 2 aromatic rings. The normalized spacial score (nSPS) is 27.0. The Hall–Kier alpha value is -3.32. The molecule has 0 spiro atoms. The molecule has 0 saturated carbocycles. The standard InChI is InChI=1S/C18H11N3O4/c22-15-11-8-4-5-9-12(11)16(23)21(15)20-13-14(20)18(25)19(17(13)24)10-6-2-1-3-7-10/h1-9,13-14H. The Labute approximate surface area is 142 Å². The van der Waals surface area contributed by atoms with Crippen molar-refractivity contribution in [2.24, 2.45) is 0 Å². The van der Waals surface area contributed by atoms with Gasteiger partial charge in [-0.25, -0.2) is 4.90 Å². The van der Waals surface area contributed by atoms with Gasteiger partial charge < -0.3 is 0 Å². The SMILES string of the molecule is O=C1C2C(C(=O)N1c1ccccc1)N2N1C(=O)c2ccccc2C1=O. The Morgan fingerprint density at radius 1 is 0.640 bits per heavy atom. The summed E-state index contributed by atoms with van der Waals surface area (Å²) < 4.78 is 0. The molecular weight excluding hydrogens is 322 g/mol. The maximum Gasteiger partial charge on any atom is 0.276 e. The lowest BCUT2D eigenvalue weighted by molar-refractivity contribution is -0.126. The van der Waals surface area contributed by atoms with Gasteiger partial charge in [-0.3, -0.25) is 19.2 Å². The number of anilines is 1. The van der Waals surface area contributed by atoms with Crippen LogP contribution in [0.25, 0.3) is 0 Å². The van der Waals surface area contributed by atoms with Crippen LogP contribution in [0, 0.1) is 0 Å². The predicted octanol–water partition coefficient (Wildman–Crippen LogP) is 0.824. The van der Waals surface area contributed by atoms with E-state index in [9.17, 15) is 19.2 Å². The number of amides is 4. The minimum absolute atomic E-state index is 0.289. The Balaban J connectivity index is 1.46. The van der Waals surface area contributed by atoms with Crippen molar-refractivity contribution >= 4 is 29.3 Å². The second-order valence-corrected chi connectivity index (χ2v) is 6.08. The van der Waals surface area contributed by atoms with Gasteiger partial charge in [0.05, 0.1) is 16.8 Å². The molecular formula is C18H11N3O4. The van der Waals surface area contributed by atoms with E-state index in [1.54, 1.807) is 54.6 Å². The zero-order valence-corrected chi connectivity index (χ0v) is 12.8. The molecule has 2 aromatic carbocycles. The molecule has 0 radical (unpaired) electrons. The number of hydrogen-bond acceptors (Lipinski definition) is 5. The number of benzene rings is 2. The van der Waals surface area contributed by atoms with E-state index in [1.165, 1.54) is 5.01 Å². The summed E-state index contributed by atoms with van der Waals surface area (Å²) in [5.41, 5.74) is 1.07. The van der Waals surface area contributed by atoms with E-state index in [4.69, 9.17) is 0 Å². The maximum atomic E-state index is 12.6. The minimum Gasteiger partial charge on any atom is -0.272 e. The third-order valence-electron chi connectivity index (χ3n) is 4.74. The summed E-state index contributed by atoms with van der Waals surface area (Å²) in [5.74, 6) is -1.83. The maximum absolute atomic E-state index is 12.6. The van der Waals surface area contributed by atoms with Gasteiger partial charge in [-0.1, -0.05) is 30.3 Å². The average Bonchev–Trinajstić information content (AvgIpc) is 3.23. The van der Waals surface area contributed by atoms with Crippen LogP contribution in [0.2, 0.25) is 0 Å². The minimum atomic E-state index is -0.796. The molecule has 25 heavy (non-hydrogen) atoms. The number of para-hydroxylation sites is 1. The van der Waals surface area contributed by atoms with Gasteiger partial charge in [0.2, 0.25) is 0 Å². The first-order valence-corrected chi connectivity index (χ1v) is 7.80. The van der Waals surface area contributed by atoms with Gasteiger partial charge >= 0.3 is 0 Å². The third-order valence-corrected chi connectivity index (χ3v) is 4.74. The van der Waals surface area contributed by atoms with E-state index in [-0.39, 0.29) is 11.1 Å². The number of hydrazine groups is 1. The zero-order chi connectivity index (χ0) is 17.3. The lowest BCUT2D eigenvalue weighted by Crippen LogP contribution is -2.46. The van der Waals surface area contributed by atoms with Crippen LogP contribution in [-0.4, -0.2) is 45.7 Å². The molecule has 2 saturated heterocycles. The highest BCUT2D eigenvalue weighted by Gasteiger charge is 2.71. The molecule has 122 valence electrons. The van der Waals surface area contributed by atoms with Crippen LogP contribution in [0.15, 0.2) is 54.6 Å². The second-order valence-electron chi connectivity index (χ2n) is 6.08. The van der Waals surface area contributed by atoms with Gasteiger partial charge in [-0.2, -0.15) is 10.0 Å². The average molecular weight is 333 g/mol. The first-order chi connectivity index (χ1) is 12.1. The second kappa shape index (κ2) is 4.61. The van der Waals surface area contributed by atoms with Gasteiger partial charge in [0.1, 0.15) is 12.1 Å². The van der Waals surface area contributed by atoms with Crippen LogP contribution in [0.3, 0.4) is 0 Å². The highest BCUT2D eigenvalue weighted by Crippen LogP contribution is 2.43. The molecule has 3 aliphatic rings. The number of fused-ring (bicyclic) bond motifs is 2. The van der Waals surface area contributed by atoms with Crippen molar-refractivity contribution in [3.63, 3.8) is 0 Å². The molecule has 0 bridgehead atoms. The number of nitrogens with zero attached hydrogens (tertiary/aromatic N) is 3. The monoisotopic (exact) mass is 333 g/mol. The Kier molecular flexibility index (Phi) is 2.59. The van der Waals surface area contributed by atoms with Crippen LogP contribution in [0.4, 0.5) is 5.69 Å². The van der Waals surface area contributed by atoms with Crippen LogP contribution >= 0.6 is 0 Å². The van der Waals surface area contributed by atoms with E-state index in [0.29, 0.717) is 5.69 Å². The van der Waals surface area contributed by atoms with Crippen molar-refractivity contribution in [2.75, 3.05) is 4.90 Å². The van der Waals surface area contributed by atoms with Crippen molar-refractivity contribution in [2.45, 2.75) is 12.1 Å². The molecule has 3 aliphatic heterocycles. The molecule has 5 rings (SSSR count). The quantitative estimate of drug-likeness (QED) is 0.601. The number of carbonyl (C=O) groups excluding carboxylic acids is 4. The summed E-state index contributed by atoms with van der Waals surface area (Å²) in [5, 5.41) is 2.22. The molecule has 2 unspecified atom stereocenters. The Morgan fingerprint density at radius 3 is 1.64 bits per heavy atom. The first kappa shape index (κ1) is 14.1. The van der Waals surface area contributed by atoms with Crippen LogP contribution < -0.4 is 4.90 Å².